The van der Waals surface area contributed by atoms with Gasteiger partial charge in [-0.1, -0.05) is 97.1 Å². The molecule has 0 fully saturated rings. The summed E-state index contributed by atoms with van der Waals surface area (Å²) in [7, 11) is 0. The maximum absolute atomic E-state index is 5.04. The van der Waals surface area contributed by atoms with E-state index in [1.165, 1.54) is 0 Å². The van der Waals surface area contributed by atoms with E-state index in [0.29, 0.717) is 0 Å². The Morgan fingerprint density at radius 1 is 0.500 bits per heavy atom. The lowest BCUT2D eigenvalue weighted by Gasteiger charge is -2.36. The Balaban J connectivity index is 1.82. The van der Waals surface area contributed by atoms with Crippen molar-refractivity contribution in [3.8, 4) is 11.4 Å². The van der Waals surface area contributed by atoms with Crippen LogP contribution in [0.15, 0.2) is 128 Å². The molecule has 0 aliphatic carbocycles. The first kappa shape index (κ1) is 18.1. The number of aromatic nitrogens is 3. The fourth-order valence-electron chi connectivity index (χ4n) is 4.10. The molecule has 0 saturated heterocycles. The van der Waals surface area contributed by atoms with Gasteiger partial charge < -0.3 is 0 Å². The molecule has 5 rings (SSSR count). The number of hydrogen-bond donors (Lipinski definition) is 0. The summed E-state index contributed by atoms with van der Waals surface area (Å²) in [6, 6.07) is 39.6. The molecule has 0 amide bonds. The summed E-state index contributed by atoms with van der Waals surface area (Å²) < 4.78 is 2.07. The molecular weight excluding hydrogens is 366 g/mol. The molecule has 0 bridgehead atoms. The van der Waals surface area contributed by atoms with Gasteiger partial charge in [0.1, 0.15) is 11.2 Å². The normalized spacial score (nSPS) is 11.3. The van der Waals surface area contributed by atoms with E-state index in [1.807, 2.05) is 42.5 Å². The van der Waals surface area contributed by atoms with Gasteiger partial charge in [0.05, 0.1) is 5.69 Å². The van der Waals surface area contributed by atoms with Crippen LogP contribution in [-0.2, 0) is 5.54 Å². The van der Waals surface area contributed by atoms with E-state index in [-0.39, 0.29) is 0 Å². The highest BCUT2D eigenvalue weighted by molar-refractivity contribution is 5.55. The van der Waals surface area contributed by atoms with Crippen LogP contribution in [0, 0.1) is 0 Å². The van der Waals surface area contributed by atoms with Gasteiger partial charge in [-0.2, -0.15) is 5.10 Å². The van der Waals surface area contributed by atoms with Crippen molar-refractivity contribution >= 4 is 0 Å². The zero-order valence-electron chi connectivity index (χ0n) is 16.5. The van der Waals surface area contributed by atoms with Gasteiger partial charge >= 0.3 is 0 Å². The lowest BCUT2D eigenvalue weighted by molar-refractivity contribution is 0.461. The van der Waals surface area contributed by atoms with Gasteiger partial charge in [-0.15, -0.1) is 0 Å². The average molecular weight is 387 g/mol. The molecule has 2 aromatic heterocycles. The van der Waals surface area contributed by atoms with Crippen molar-refractivity contribution in [2.45, 2.75) is 5.54 Å². The van der Waals surface area contributed by atoms with E-state index in [1.54, 1.807) is 6.20 Å². The van der Waals surface area contributed by atoms with Gasteiger partial charge in [0.2, 0.25) is 0 Å². The summed E-state index contributed by atoms with van der Waals surface area (Å²) in [5.41, 5.74) is 4.56. The first-order chi connectivity index (χ1) is 14.9. The second-order valence-electron chi connectivity index (χ2n) is 7.17. The predicted octanol–water partition coefficient (Wildman–Crippen LogP) is 5.79. The molecule has 30 heavy (non-hydrogen) atoms. The van der Waals surface area contributed by atoms with Gasteiger partial charge in [-0.3, -0.25) is 9.67 Å². The topological polar surface area (TPSA) is 30.7 Å². The van der Waals surface area contributed by atoms with Crippen molar-refractivity contribution < 1.29 is 0 Å². The lowest BCUT2D eigenvalue weighted by Crippen LogP contribution is -2.38. The Hall–Kier alpha value is -3.98. The molecule has 0 atom stereocenters. The number of hydrogen-bond acceptors (Lipinski definition) is 2. The Labute approximate surface area is 176 Å². The molecule has 0 N–H and O–H groups in total. The van der Waals surface area contributed by atoms with E-state index in [9.17, 15) is 0 Å². The van der Waals surface area contributed by atoms with Gasteiger partial charge in [0.15, 0.2) is 0 Å². The van der Waals surface area contributed by atoms with Gasteiger partial charge in [0, 0.05) is 12.4 Å². The van der Waals surface area contributed by atoms with Crippen LogP contribution in [0.1, 0.15) is 16.7 Å². The van der Waals surface area contributed by atoms with E-state index in [0.717, 1.165) is 28.1 Å². The minimum atomic E-state index is -0.600. The van der Waals surface area contributed by atoms with Crippen LogP contribution >= 0.6 is 0 Å². The SMILES string of the molecule is c1ccc(C(c2ccccc2)(c2ccccc2)n2ccc(-c3ccccn3)n2)cc1. The third kappa shape index (κ3) is 3.01. The van der Waals surface area contributed by atoms with Crippen molar-refractivity contribution in [1.82, 2.24) is 14.8 Å². The summed E-state index contributed by atoms with van der Waals surface area (Å²) in [6.45, 7) is 0. The molecule has 2 heterocycles. The Bertz CT molecular complexity index is 1120. The van der Waals surface area contributed by atoms with Crippen molar-refractivity contribution in [2.75, 3.05) is 0 Å². The Kier molecular flexibility index (Phi) is 4.70. The quantitative estimate of drug-likeness (QED) is 0.358. The standard InChI is InChI=1S/C27H21N3/c1-4-12-22(13-5-1)27(23-14-6-2-7-15-23,24-16-8-3-9-17-24)30-21-19-26(29-30)25-18-10-11-20-28-25/h1-21H. The largest absolute Gasteiger partial charge is 0.255 e. The molecule has 0 aliphatic heterocycles. The van der Waals surface area contributed by atoms with Crippen molar-refractivity contribution in [3.63, 3.8) is 0 Å². The summed E-state index contributed by atoms with van der Waals surface area (Å²) >= 11 is 0. The molecule has 0 spiro atoms. The summed E-state index contributed by atoms with van der Waals surface area (Å²) in [6.07, 6.45) is 3.85. The predicted molar refractivity (Wildman–Crippen MR) is 120 cm³/mol. The van der Waals surface area contributed by atoms with Gasteiger partial charge in [-0.05, 0) is 34.9 Å². The third-order valence-electron chi connectivity index (χ3n) is 5.43. The smallest absolute Gasteiger partial charge is 0.138 e. The maximum Gasteiger partial charge on any atom is 0.138 e. The molecule has 3 heteroatoms. The van der Waals surface area contributed by atoms with Crippen LogP contribution in [0.4, 0.5) is 0 Å². The third-order valence-corrected chi connectivity index (χ3v) is 5.43. The molecule has 0 radical (unpaired) electrons. The number of nitrogens with zero attached hydrogens (tertiary/aromatic N) is 3. The first-order valence-electron chi connectivity index (χ1n) is 10.0. The van der Waals surface area contributed by atoms with Crippen molar-refractivity contribution in [2.24, 2.45) is 0 Å². The number of rotatable bonds is 5. The summed E-state index contributed by atoms with van der Waals surface area (Å²) in [5, 5.41) is 5.04. The average Bonchev–Trinajstić information content (AvgIpc) is 3.33. The monoisotopic (exact) mass is 387 g/mol. The molecule has 0 saturated carbocycles. The van der Waals surface area contributed by atoms with E-state index >= 15 is 0 Å². The maximum atomic E-state index is 5.04. The second kappa shape index (κ2) is 7.80. The zero-order valence-corrected chi connectivity index (χ0v) is 16.5. The number of pyridine rings is 1. The van der Waals surface area contributed by atoms with Crippen LogP contribution in [0.2, 0.25) is 0 Å². The molecule has 5 aromatic rings. The minimum absolute atomic E-state index is 0.600. The van der Waals surface area contributed by atoms with Crippen molar-refractivity contribution in [1.29, 1.82) is 0 Å². The summed E-state index contributed by atoms with van der Waals surface area (Å²) in [5.74, 6) is 0. The minimum Gasteiger partial charge on any atom is -0.255 e. The van der Waals surface area contributed by atoms with Crippen LogP contribution in [0.5, 0.6) is 0 Å². The molecule has 3 aromatic carbocycles. The van der Waals surface area contributed by atoms with Crippen LogP contribution in [-0.4, -0.2) is 14.8 Å². The highest BCUT2D eigenvalue weighted by atomic mass is 15.3. The van der Waals surface area contributed by atoms with Gasteiger partial charge in [-0.25, -0.2) is 0 Å². The molecule has 144 valence electrons. The lowest BCUT2D eigenvalue weighted by atomic mass is 9.77. The second-order valence-corrected chi connectivity index (χ2v) is 7.17. The molecular formula is C27H21N3. The van der Waals surface area contributed by atoms with Gasteiger partial charge in [0.25, 0.3) is 0 Å². The fraction of sp³-hybridized carbons (Fsp3) is 0.0370. The van der Waals surface area contributed by atoms with Crippen LogP contribution < -0.4 is 0 Å². The van der Waals surface area contributed by atoms with Crippen LogP contribution in [0.25, 0.3) is 11.4 Å². The van der Waals surface area contributed by atoms with E-state index in [4.69, 9.17) is 5.10 Å². The molecule has 0 unspecified atom stereocenters. The fourth-order valence-corrected chi connectivity index (χ4v) is 4.10. The number of benzene rings is 3. The van der Waals surface area contributed by atoms with E-state index in [2.05, 4.69) is 88.7 Å². The molecule has 0 aliphatic rings. The van der Waals surface area contributed by atoms with E-state index < -0.39 is 5.54 Å². The first-order valence-corrected chi connectivity index (χ1v) is 10.0. The summed E-state index contributed by atoms with van der Waals surface area (Å²) in [4.78, 5) is 4.49. The zero-order chi connectivity index (χ0) is 20.2. The van der Waals surface area contributed by atoms with Crippen LogP contribution in [0.3, 0.4) is 0 Å². The molecule has 3 nitrogen and oxygen atoms in total. The Morgan fingerprint density at radius 2 is 1.00 bits per heavy atom. The Morgan fingerprint density at radius 3 is 1.47 bits per heavy atom. The highest BCUT2D eigenvalue weighted by Gasteiger charge is 2.39. The van der Waals surface area contributed by atoms with Crippen molar-refractivity contribution in [3.05, 3.63) is 144 Å². The highest BCUT2D eigenvalue weighted by Crippen LogP contribution is 2.40.